The molecule has 1 aliphatic heterocycles. The molecule has 9 nitrogen and oxygen atoms in total. The second kappa shape index (κ2) is 10.7. The Balaban J connectivity index is 1.33. The topological polar surface area (TPSA) is 95.8 Å². The van der Waals surface area contributed by atoms with Crippen molar-refractivity contribution in [3.63, 3.8) is 0 Å². The third kappa shape index (κ3) is 5.01. The Bertz CT molecular complexity index is 1620. The number of carbonyl (C=O) groups excluding carboxylic acids is 1. The van der Waals surface area contributed by atoms with Gasteiger partial charge in [-0.15, -0.1) is 11.6 Å². The van der Waals surface area contributed by atoms with Gasteiger partial charge in [0.2, 0.25) is 0 Å². The van der Waals surface area contributed by atoms with Gasteiger partial charge in [-0.2, -0.15) is 0 Å². The number of nitrogens with zero attached hydrogens (tertiary/aromatic N) is 4. The number of hydrogen-bond donors (Lipinski definition) is 0. The first-order valence-corrected chi connectivity index (χ1v) is 14.4. The summed E-state index contributed by atoms with van der Waals surface area (Å²) < 4.78 is 18.1. The van der Waals surface area contributed by atoms with Crippen LogP contribution in [0.3, 0.4) is 0 Å². The third-order valence-electron chi connectivity index (χ3n) is 7.43. The first-order chi connectivity index (χ1) is 19.4. The van der Waals surface area contributed by atoms with Crippen LogP contribution in [0.25, 0.3) is 10.3 Å². The molecule has 6 rings (SSSR count). The highest BCUT2D eigenvalue weighted by Crippen LogP contribution is 2.51. The summed E-state index contributed by atoms with van der Waals surface area (Å²) in [5.41, 5.74) is 1.74. The van der Waals surface area contributed by atoms with E-state index in [-0.39, 0.29) is 36.4 Å². The summed E-state index contributed by atoms with van der Waals surface area (Å²) in [6.07, 6.45) is 2.65. The van der Waals surface area contributed by atoms with Crippen LogP contribution in [0, 0.1) is 0 Å². The van der Waals surface area contributed by atoms with E-state index in [0.29, 0.717) is 33.7 Å². The second-order valence-corrected chi connectivity index (χ2v) is 11.8. The fourth-order valence-electron chi connectivity index (χ4n) is 5.09. The molecule has 2 aromatic heterocycles. The molecule has 0 radical (unpaired) electrons. The van der Waals surface area contributed by atoms with Crippen LogP contribution in [0.2, 0.25) is 0 Å². The van der Waals surface area contributed by atoms with Gasteiger partial charge in [0.15, 0.2) is 10.3 Å². The van der Waals surface area contributed by atoms with Crippen LogP contribution < -0.4 is 15.0 Å². The molecule has 40 heavy (non-hydrogen) atoms. The zero-order valence-electron chi connectivity index (χ0n) is 22.3. The summed E-state index contributed by atoms with van der Waals surface area (Å²) in [4.78, 5) is 38.1. The first-order valence-electron chi connectivity index (χ1n) is 13.2. The number of benzene rings is 2. The molecule has 1 amide bonds. The lowest BCUT2D eigenvalue weighted by Crippen LogP contribution is -2.31. The number of carbonyl (C=O) groups is 1. The molecule has 208 valence electrons. The molecule has 2 aromatic carbocycles. The van der Waals surface area contributed by atoms with Gasteiger partial charge in [0.25, 0.3) is 5.56 Å². The van der Waals surface area contributed by atoms with E-state index < -0.39 is 4.87 Å². The molecule has 4 aromatic rings. The van der Waals surface area contributed by atoms with Crippen molar-refractivity contribution in [3.05, 3.63) is 80.8 Å². The largest absolute Gasteiger partial charge is 0.497 e. The minimum atomic E-state index is -0.683. The molecular formula is C29H29ClN4O5S. The maximum Gasteiger partial charge on any atom is 0.410 e. The number of rotatable bonds is 8. The Hall–Kier alpha value is -3.63. The normalized spacial score (nSPS) is 17.7. The number of hydrogen-bond acceptors (Lipinski definition) is 8. The third-order valence-corrected chi connectivity index (χ3v) is 9.02. The maximum atomic E-state index is 13.9. The van der Waals surface area contributed by atoms with Crippen molar-refractivity contribution in [2.75, 3.05) is 20.8 Å². The Kier molecular flexibility index (Phi) is 7.14. The summed E-state index contributed by atoms with van der Waals surface area (Å²) in [6.45, 7) is 0.997. The molecule has 3 heterocycles. The smallest absolute Gasteiger partial charge is 0.410 e. The quantitative estimate of drug-likeness (QED) is 0.250. The van der Waals surface area contributed by atoms with Crippen LogP contribution in [-0.4, -0.2) is 46.3 Å². The Morgan fingerprint density at radius 3 is 2.65 bits per heavy atom. The Morgan fingerprint density at radius 1 is 1.12 bits per heavy atom. The molecule has 1 saturated carbocycles. The van der Waals surface area contributed by atoms with Gasteiger partial charge in [-0.1, -0.05) is 41.7 Å². The second-order valence-electron chi connectivity index (χ2n) is 10.1. The number of thiazole rings is 1. The fraction of sp³-hybridized carbons (Fsp3) is 0.379. The number of aromatic nitrogens is 3. The molecule has 0 spiro atoms. The van der Waals surface area contributed by atoms with E-state index >= 15 is 0 Å². The van der Waals surface area contributed by atoms with E-state index in [2.05, 4.69) is 0 Å². The van der Waals surface area contributed by atoms with Crippen molar-refractivity contribution in [2.24, 2.45) is 0 Å². The Labute approximate surface area is 240 Å². The molecular weight excluding hydrogens is 552 g/mol. The van der Waals surface area contributed by atoms with Crippen molar-refractivity contribution >= 4 is 39.4 Å². The van der Waals surface area contributed by atoms with Crippen LogP contribution in [0.1, 0.15) is 53.7 Å². The number of likely N-dealkylation sites (tertiary alicyclic amines) is 1. The summed E-state index contributed by atoms with van der Waals surface area (Å²) in [7, 11) is 3.17. The highest BCUT2D eigenvalue weighted by atomic mass is 35.5. The number of fused-ring (bicyclic) bond motifs is 1. The van der Waals surface area contributed by atoms with Crippen LogP contribution in [0.15, 0.2) is 53.3 Å². The van der Waals surface area contributed by atoms with Crippen molar-refractivity contribution in [1.29, 1.82) is 0 Å². The van der Waals surface area contributed by atoms with Crippen LogP contribution >= 0.6 is 22.9 Å². The van der Waals surface area contributed by atoms with Crippen LogP contribution in [0.5, 0.6) is 11.5 Å². The van der Waals surface area contributed by atoms with Crippen LogP contribution in [-0.2, 0) is 22.8 Å². The van der Waals surface area contributed by atoms with E-state index in [9.17, 15) is 9.59 Å². The SMILES string of the molecule is COc1ccc(Cn2c(C3(Cl)CC3)nc3sc([C@H]4CCCN4C(=O)OCc4ccccc4)nc3c2=O)c(OC)c1. The lowest BCUT2D eigenvalue weighted by Gasteiger charge is -2.22. The molecule has 11 heteroatoms. The average molecular weight is 581 g/mol. The zero-order chi connectivity index (χ0) is 27.9. The number of ether oxygens (including phenoxy) is 3. The molecule has 0 unspecified atom stereocenters. The van der Waals surface area contributed by atoms with Gasteiger partial charge in [-0.3, -0.25) is 14.3 Å². The van der Waals surface area contributed by atoms with Gasteiger partial charge in [-0.25, -0.2) is 14.8 Å². The lowest BCUT2D eigenvalue weighted by atomic mass is 10.1. The number of halogens is 1. The fourth-order valence-corrected chi connectivity index (χ4v) is 6.40. The summed E-state index contributed by atoms with van der Waals surface area (Å²) in [5.74, 6) is 1.79. The molecule has 1 saturated heterocycles. The van der Waals surface area contributed by atoms with E-state index in [1.54, 1.807) is 29.8 Å². The average Bonchev–Trinajstić information content (AvgIpc) is 3.36. The Morgan fingerprint density at radius 2 is 1.93 bits per heavy atom. The first kappa shape index (κ1) is 26.6. The predicted octanol–water partition coefficient (Wildman–Crippen LogP) is 5.62. The van der Waals surface area contributed by atoms with Crippen molar-refractivity contribution in [2.45, 2.75) is 49.8 Å². The van der Waals surface area contributed by atoms with Gasteiger partial charge in [-0.05, 0) is 43.4 Å². The summed E-state index contributed by atoms with van der Waals surface area (Å²) >= 11 is 8.21. The molecule has 0 N–H and O–H groups in total. The van der Waals surface area contributed by atoms with Crippen LogP contribution in [0.4, 0.5) is 4.79 Å². The molecule has 1 aliphatic carbocycles. The molecule has 2 aliphatic rings. The van der Waals surface area contributed by atoms with E-state index in [0.717, 1.165) is 36.8 Å². The monoisotopic (exact) mass is 580 g/mol. The van der Waals surface area contributed by atoms with Gasteiger partial charge >= 0.3 is 6.09 Å². The standard InChI is InChI=1S/C29H29ClN4O5S/c1-37-20-11-10-19(22(15-20)38-2)16-34-26(35)23-25(32-27(34)29(30)12-13-29)40-24(31-23)21-9-6-14-33(21)28(36)39-17-18-7-4-3-5-8-18/h3-5,7-8,10-11,15,21H,6,9,12-14,16-17H2,1-2H3/t21-/m1/s1. The van der Waals surface area contributed by atoms with Crippen molar-refractivity contribution in [3.8, 4) is 11.5 Å². The van der Waals surface area contributed by atoms with E-state index in [1.165, 1.54) is 11.3 Å². The van der Waals surface area contributed by atoms with Gasteiger partial charge in [0.1, 0.15) is 33.8 Å². The predicted molar refractivity (Wildman–Crippen MR) is 152 cm³/mol. The van der Waals surface area contributed by atoms with E-state index in [1.807, 2.05) is 42.5 Å². The summed E-state index contributed by atoms with van der Waals surface area (Å²) in [6, 6.07) is 14.8. The minimum Gasteiger partial charge on any atom is -0.497 e. The van der Waals surface area contributed by atoms with Gasteiger partial charge in [0.05, 0.1) is 26.8 Å². The van der Waals surface area contributed by atoms with Crippen molar-refractivity contribution < 1.29 is 19.0 Å². The summed E-state index contributed by atoms with van der Waals surface area (Å²) in [5, 5.41) is 0.680. The number of amides is 1. The highest BCUT2D eigenvalue weighted by molar-refractivity contribution is 7.18. The van der Waals surface area contributed by atoms with Gasteiger partial charge < -0.3 is 14.2 Å². The van der Waals surface area contributed by atoms with E-state index in [4.69, 9.17) is 35.8 Å². The number of alkyl halides is 1. The number of methoxy groups -OCH3 is 2. The maximum absolute atomic E-state index is 13.9. The molecule has 2 fully saturated rings. The zero-order valence-corrected chi connectivity index (χ0v) is 23.8. The van der Waals surface area contributed by atoms with Gasteiger partial charge in [0, 0.05) is 18.2 Å². The molecule has 1 atom stereocenters. The van der Waals surface area contributed by atoms with Crippen molar-refractivity contribution in [1.82, 2.24) is 19.4 Å². The molecule has 0 bridgehead atoms. The minimum absolute atomic E-state index is 0.199. The highest BCUT2D eigenvalue weighted by Gasteiger charge is 2.47. The lowest BCUT2D eigenvalue weighted by molar-refractivity contribution is 0.0920.